The molecule has 2 saturated heterocycles. The summed E-state index contributed by atoms with van der Waals surface area (Å²) in [5.41, 5.74) is 1.18. The minimum atomic E-state index is -0.116. The van der Waals surface area contributed by atoms with E-state index in [1.807, 2.05) is 6.07 Å². The largest absolute Gasteiger partial charge is 0.317 e. The van der Waals surface area contributed by atoms with E-state index in [9.17, 15) is 4.39 Å². The molecule has 2 fully saturated rings. The Kier molecular flexibility index (Phi) is 4.06. The molecule has 3 rings (SSSR count). The Bertz CT molecular complexity index is 449. The third-order valence-corrected chi connectivity index (χ3v) is 4.90. The van der Waals surface area contributed by atoms with E-state index in [0.29, 0.717) is 0 Å². The van der Waals surface area contributed by atoms with Crippen LogP contribution in [-0.4, -0.2) is 56.1 Å². The van der Waals surface area contributed by atoms with Gasteiger partial charge in [-0.1, -0.05) is 12.1 Å². The summed E-state index contributed by atoms with van der Waals surface area (Å²) in [5.74, 6) is -0.116. The number of piperazine rings is 1. The second-order valence-corrected chi connectivity index (χ2v) is 6.08. The normalized spacial score (nSPS) is 24.7. The zero-order valence-corrected chi connectivity index (χ0v) is 12.2. The standard InChI is InChI=1S/C16H24FN3/c1-19-9-11-20(12-10-19)16(5-7-18-8-6-16)14-3-2-4-15(17)13-14/h2-4,13,18H,5-12H2,1H3. The highest BCUT2D eigenvalue weighted by Crippen LogP contribution is 2.37. The molecule has 0 amide bonds. The highest BCUT2D eigenvalue weighted by atomic mass is 19.1. The first kappa shape index (κ1) is 14.0. The van der Waals surface area contributed by atoms with Crippen molar-refractivity contribution in [3.8, 4) is 0 Å². The number of rotatable bonds is 2. The van der Waals surface area contributed by atoms with Crippen LogP contribution >= 0.6 is 0 Å². The number of halogens is 1. The molecule has 1 aromatic rings. The highest BCUT2D eigenvalue weighted by Gasteiger charge is 2.40. The van der Waals surface area contributed by atoms with Gasteiger partial charge in [0.2, 0.25) is 0 Å². The molecule has 0 saturated carbocycles. The number of benzene rings is 1. The van der Waals surface area contributed by atoms with Crippen LogP contribution in [0.4, 0.5) is 4.39 Å². The van der Waals surface area contributed by atoms with Gasteiger partial charge in [0.05, 0.1) is 0 Å². The molecule has 4 heteroatoms. The topological polar surface area (TPSA) is 18.5 Å². The van der Waals surface area contributed by atoms with Crippen molar-refractivity contribution in [3.05, 3.63) is 35.6 Å². The lowest BCUT2D eigenvalue weighted by molar-refractivity contribution is 0.0147. The maximum Gasteiger partial charge on any atom is 0.123 e. The van der Waals surface area contributed by atoms with Crippen molar-refractivity contribution in [2.24, 2.45) is 0 Å². The Hall–Kier alpha value is -0.970. The van der Waals surface area contributed by atoms with E-state index in [1.165, 1.54) is 0 Å². The first-order chi connectivity index (χ1) is 9.71. The number of likely N-dealkylation sites (N-methyl/N-ethyl adjacent to an activating group) is 1. The van der Waals surface area contributed by atoms with E-state index in [2.05, 4.69) is 28.2 Å². The summed E-state index contributed by atoms with van der Waals surface area (Å²) in [4.78, 5) is 4.96. The van der Waals surface area contributed by atoms with Crippen LogP contribution in [0.15, 0.2) is 24.3 Å². The van der Waals surface area contributed by atoms with Crippen molar-refractivity contribution >= 4 is 0 Å². The molecule has 2 aliphatic rings. The molecule has 0 unspecified atom stereocenters. The van der Waals surface area contributed by atoms with Crippen molar-refractivity contribution in [2.75, 3.05) is 46.3 Å². The Morgan fingerprint density at radius 2 is 1.80 bits per heavy atom. The quantitative estimate of drug-likeness (QED) is 0.887. The summed E-state index contributed by atoms with van der Waals surface area (Å²) in [6.45, 7) is 6.39. The minimum absolute atomic E-state index is 0.0224. The SMILES string of the molecule is CN1CCN(C2(c3cccc(F)c3)CCNCC2)CC1. The monoisotopic (exact) mass is 277 g/mol. The van der Waals surface area contributed by atoms with Gasteiger partial charge in [0.25, 0.3) is 0 Å². The fourth-order valence-corrected chi connectivity index (χ4v) is 3.64. The van der Waals surface area contributed by atoms with Crippen molar-refractivity contribution in [2.45, 2.75) is 18.4 Å². The van der Waals surface area contributed by atoms with Gasteiger partial charge >= 0.3 is 0 Å². The summed E-state index contributed by atoms with van der Waals surface area (Å²) in [6.07, 6.45) is 2.14. The second kappa shape index (κ2) is 5.80. The number of hydrogen-bond acceptors (Lipinski definition) is 3. The summed E-state index contributed by atoms with van der Waals surface area (Å²) in [6, 6.07) is 7.24. The summed E-state index contributed by atoms with van der Waals surface area (Å²) in [7, 11) is 2.18. The summed E-state index contributed by atoms with van der Waals surface area (Å²) < 4.78 is 13.7. The second-order valence-electron chi connectivity index (χ2n) is 6.08. The smallest absolute Gasteiger partial charge is 0.123 e. The van der Waals surface area contributed by atoms with Crippen molar-refractivity contribution in [1.82, 2.24) is 15.1 Å². The molecule has 3 nitrogen and oxygen atoms in total. The zero-order valence-electron chi connectivity index (χ0n) is 12.2. The number of nitrogens with one attached hydrogen (secondary N) is 1. The molecule has 0 aromatic heterocycles. The Morgan fingerprint density at radius 3 is 2.45 bits per heavy atom. The molecule has 20 heavy (non-hydrogen) atoms. The summed E-state index contributed by atoms with van der Waals surface area (Å²) >= 11 is 0. The van der Waals surface area contributed by atoms with Crippen LogP contribution in [0, 0.1) is 5.82 Å². The van der Waals surface area contributed by atoms with E-state index >= 15 is 0 Å². The first-order valence-electron chi connectivity index (χ1n) is 7.61. The minimum Gasteiger partial charge on any atom is -0.317 e. The lowest BCUT2D eigenvalue weighted by Crippen LogP contribution is -2.58. The fourth-order valence-electron chi connectivity index (χ4n) is 3.64. The van der Waals surface area contributed by atoms with E-state index in [0.717, 1.165) is 57.7 Å². The Labute approximate surface area is 120 Å². The molecule has 0 radical (unpaired) electrons. The predicted octanol–water partition coefficient (Wildman–Crippen LogP) is 1.65. The van der Waals surface area contributed by atoms with Crippen LogP contribution in [0.3, 0.4) is 0 Å². The van der Waals surface area contributed by atoms with Crippen LogP contribution in [0.2, 0.25) is 0 Å². The van der Waals surface area contributed by atoms with E-state index < -0.39 is 0 Å². The number of nitrogens with zero attached hydrogens (tertiary/aromatic N) is 2. The van der Waals surface area contributed by atoms with Crippen LogP contribution in [-0.2, 0) is 5.54 Å². The van der Waals surface area contributed by atoms with Gasteiger partial charge in [-0.05, 0) is 50.7 Å². The van der Waals surface area contributed by atoms with Crippen molar-refractivity contribution < 1.29 is 4.39 Å². The van der Waals surface area contributed by atoms with Crippen molar-refractivity contribution in [1.29, 1.82) is 0 Å². The average Bonchev–Trinajstić information content (AvgIpc) is 2.49. The average molecular weight is 277 g/mol. The van der Waals surface area contributed by atoms with Gasteiger partial charge in [-0.15, -0.1) is 0 Å². The predicted molar refractivity (Wildman–Crippen MR) is 79.3 cm³/mol. The molecular weight excluding hydrogens is 253 g/mol. The third kappa shape index (κ3) is 2.60. The highest BCUT2D eigenvalue weighted by molar-refractivity contribution is 5.27. The molecule has 1 N–H and O–H groups in total. The van der Waals surface area contributed by atoms with E-state index in [4.69, 9.17) is 0 Å². The Morgan fingerprint density at radius 1 is 1.10 bits per heavy atom. The molecule has 0 atom stereocenters. The molecule has 110 valence electrons. The van der Waals surface area contributed by atoms with Gasteiger partial charge in [0, 0.05) is 31.7 Å². The molecular formula is C16H24FN3. The van der Waals surface area contributed by atoms with Crippen molar-refractivity contribution in [3.63, 3.8) is 0 Å². The fraction of sp³-hybridized carbons (Fsp3) is 0.625. The number of piperidine rings is 1. The lowest BCUT2D eigenvalue weighted by Gasteiger charge is -2.50. The van der Waals surface area contributed by atoms with Gasteiger partial charge in [0.15, 0.2) is 0 Å². The molecule has 0 spiro atoms. The van der Waals surface area contributed by atoms with Gasteiger partial charge in [-0.3, -0.25) is 4.90 Å². The first-order valence-corrected chi connectivity index (χ1v) is 7.61. The molecule has 0 aliphatic carbocycles. The molecule has 2 aliphatic heterocycles. The van der Waals surface area contributed by atoms with Crippen LogP contribution in [0.5, 0.6) is 0 Å². The summed E-state index contributed by atoms with van der Waals surface area (Å²) in [5, 5.41) is 3.44. The molecule has 0 bridgehead atoms. The van der Waals surface area contributed by atoms with Crippen LogP contribution in [0.1, 0.15) is 18.4 Å². The van der Waals surface area contributed by atoms with Gasteiger partial charge in [-0.25, -0.2) is 4.39 Å². The maximum atomic E-state index is 13.7. The van der Waals surface area contributed by atoms with Gasteiger partial charge < -0.3 is 10.2 Å². The lowest BCUT2D eigenvalue weighted by atomic mass is 9.79. The third-order valence-electron chi connectivity index (χ3n) is 4.90. The van der Waals surface area contributed by atoms with E-state index in [-0.39, 0.29) is 11.4 Å². The molecule has 2 heterocycles. The molecule has 1 aromatic carbocycles. The van der Waals surface area contributed by atoms with Gasteiger partial charge in [0.1, 0.15) is 5.82 Å². The number of hydrogen-bond donors (Lipinski definition) is 1. The maximum absolute atomic E-state index is 13.7. The van der Waals surface area contributed by atoms with Gasteiger partial charge in [-0.2, -0.15) is 0 Å². The Balaban J connectivity index is 1.92. The van der Waals surface area contributed by atoms with E-state index in [1.54, 1.807) is 12.1 Å². The van der Waals surface area contributed by atoms with Crippen LogP contribution in [0.25, 0.3) is 0 Å². The van der Waals surface area contributed by atoms with Crippen LogP contribution < -0.4 is 5.32 Å². The zero-order chi connectivity index (χ0) is 14.0.